The first-order chi connectivity index (χ1) is 11.6. The van der Waals surface area contributed by atoms with Crippen LogP contribution in [0.5, 0.6) is 5.75 Å². The minimum absolute atomic E-state index is 0.0964. The first-order valence-corrected chi connectivity index (χ1v) is 8.39. The maximum Gasteiger partial charge on any atom is 0.237 e. The standard InChI is InChI=1S/C20H26N2O2/c1-3-15(2)19(21)20(23)22-13-16-9-11-17(12-10-16)14-24-18-7-5-4-6-8-18/h4-12,15,19H,3,13-14,21H2,1-2H3,(H,22,23). The van der Waals surface area contributed by atoms with Crippen molar-refractivity contribution < 1.29 is 9.53 Å². The number of carbonyl (C=O) groups is 1. The van der Waals surface area contributed by atoms with E-state index in [2.05, 4.69) is 5.32 Å². The number of nitrogens with two attached hydrogens (primary N) is 1. The van der Waals surface area contributed by atoms with Crippen LogP contribution in [0.1, 0.15) is 31.4 Å². The summed E-state index contributed by atoms with van der Waals surface area (Å²) in [6, 6.07) is 17.3. The van der Waals surface area contributed by atoms with Gasteiger partial charge >= 0.3 is 0 Å². The zero-order chi connectivity index (χ0) is 17.4. The summed E-state index contributed by atoms with van der Waals surface area (Å²) in [5.74, 6) is 0.941. The lowest BCUT2D eigenvalue weighted by molar-refractivity contribution is -0.123. The second-order valence-corrected chi connectivity index (χ2v) is 6.05. The van der Waals surface area contributed by atoms with Crippen LogP contribution in [0.4, 0.5) is 0 Å². The Morgan fingerprint density at radius 1 is 1.08 bits per heavy atom. The lowest BCUT2D eigenvalue weighted by Gasteiger charge is -2.17. The summed E-state index contributed by atoms with van der Waals surface area (Å²) in [4.78, 5) is 12.0. The summed E-state index contributed by atoms with van der Waals surface area (Å²) in [6.45, 7) is 5.04. The van der Waals surface area contributed by atoms with E-state index in [-0.39, 0.29) is 11.8 Å². The van der Waals surface area contributed by atoms with Crippen LogP contribution in [0.3, 0.4) is 0 Å². The fourth-order valence-electron chi connectivity index (χ4n) is 2.26. The van der Waals surface area contributed by atoms with E-state index in [1.807, 2.05) is 68.4 Å². The molecule has 0 aliphatic rings. The molecule has 0 heterocycles. The first-order valence-electron chi connectivity index (χ1n) is 8.39. The minimum atomic E-state index is -0.450. The van der Waals surface area contributed by atoms with Crippen LogP contribution in [0.2, 0.25) is 0 Å². The second kappa shape index (κ2) is 9.08. The van der Waals surface area contributed by atoms with Crippen LogP contribution in [-0.2, 0) is 17.9 Å². The van der Waals surface area contributed by atoms with Gasteiger partial charge in [0.25, 0.3) is 0 Å². The van der Waals surface area contributed by atoms with Crippen molar-refractivity contribution in [1.29, 1.82) is 0 Å². The molecule has 0 fully saturated rings. The van der Waals surface area contributed by atoms with Crippen molar-refractivity contribution in [1.82, 2.24) is 5.32 Å². The van der Waals surface area contributed by atoms with Crippen LogP contribution in [0.25, 0.3) is 0 Å². The molecule has 0 aromatic heterocycles. The van der Waals surface area contributed by atoms with E-state index >= 15 is 0 Å². The summed E-state index contributed by atoms with van der Waals surface area (Å²) >= 11 is 0. The average Bonchev–Trinajstić information content (AvgIpc) is 2.64. The molecule has 0 spiro atoms. The lowest BCUT2D eigenvalue weighted by Crippen LogP contribution is -2.44. The SMILES string of the molecule is CCC(C)C(N)C(=O)NCc1ccc(COc2ccccc2)cc1. The van der Waals surface area contributed by atoms with Crippen LogP contribution in [0.15, 0.2) is 54.6 Å². The van der Waals surface area contributed by atoms with Gasteiger partial charge in [-0.05, 0) is 29.2 Å². The van der Waals surface area contributed by atoms with Gasteiger partial charge in [-0.2, -0.15) is 0 Å². The summed E-state index contributed by atoms with van der Waals surface area (Å²) in [5, 5.41) is 2.90. The Labute approximate surface area is 144 Å². The van der Waals surface area contributed by atoms with E-state index in [4.69, 9.17) is 10.5 Å². The molecule has 4 nitrogen and oxygen atoms in total. The van der Waals surface area contributed by atoms with Crippen molar-refractivity contribution >= 4 is 5.91 Å². The fourth-order valence-corrected chi connectivity index (χ4v) is 2.26. The van der Waals surface area contributed by atoms with E-state index in [1.165, 1.54) is 0 Å². The fraction of sp³-hybridized carbons (Fsp3) is 0.350. The van der Waals surface area contributed by atoms with E-state index in [0.717, 1.165) is 23.3 Å². The molecular formula is C20H26N2O2. The monoisotopic (exact) mass is 326 g/mol. The molecule has 1 amide bonds. The molecule has 2 aromatic carbocycles. The normalized spacial score (nSPS) is 13.1. The maximum absolute atomic E-state index is 12.0. The summed E-state index contributed by atoms with van der Waals surface area (Å²) in [5.41, 5.74) is 8.06. The van der Waals surface area contributed by atoms with Gasteiger partial charge in [-0.1, -0.05) is 62.7 Å². The third-order valence-corrected chi connectivity index (χ3v) is 4.20. The molecule has 0 aliphatic carbocycles. The van der Waals surface area contributed by atoms with Crippen molar-refractivity contribution in [3.63, 3.8) is 0 Å². The molecule has 2 aromatic rings. The summed E-state index contributed by atoms with van der Waals surface area (Å²) < 4.78 is 5.71. The number of amides is 1. The van der Waals surface area contributed by atoms with E-state index < -0.39 is 6.04 Å². The third-order valence-electron chi connectivity index (χ3n) is 4.20. The number of nitrogens with one attached hydrogen (secondary N) is 1. The minimum Gasteiger partial charge on any atom is -0.489 e. The van der Waals surface area contributed by atoms with Gasteiger partial charge in [0, 0.05) is 6.54 Å². The molecule has 2 atom stereocenters. The Morgan fingerprint density at radius 2 is 1.71 bits per heavy atom. The molecule has 2 rings (SSSR count). The van der Waals surface area contributed by atoms with Gasteiger partial charge in [0.15, 0.2) is 0 Å². The number of hydrogen-bond acceptors (Lipinski definition) is 3. The highest BCUT2D eigenvalue weighted by Crippen LogP contribution is 2.12. The lowest BCUT2D eigenvalue weighted by atomic mass is 9.99. The predicted molar refractivity (Wildman–Crippen MR) is 96.5 cm³/mol. The highest BCUT2D eigenvalue weighted by atomic mass is 16.5. The Bertz CT molecular complexity index is 626. The number of benzene rings is 2. The molecule has 0 radical (unpaired) electrons. The van der Waals surface area contributed by atoms with Crippen LogP contribution < -0.4 is 15.8 Å². The molecule has 2 unspecified atom stereocenters. The predicted octanol–water partition coefficient (Wildman–Crippen LogP) is 3.26. The Balaban J connectivity index is 1.80. The average molecular weight is 326 g/mol. The van der Waals surface area contributed by atoms with Crippen LogP contribution in [-0.4, -0.2) is 11.9 Å². The van der Waals surface area contributed by atoms with Gasteiger partial charge in [-0.25, -0.2) is 0 Å². The number of ether oxygens (including phenoxy) is 1. The summed E-state index contributed by atoms with van der Waals surface area (Å²) in [6.07, 6.45) is 0.894. The molecular weight excluding hydrogens is 300 g/mol. The molecule has 24 heavy (non-hydrogen) atoms. The van der Waals surface area contributed by atoms with Crippen LogP contribution >= 0.6 is 0 Å². The van der Waals surface area contributed by atoms with Crippen molar-refractivity contribution in [3.8, 4) is 5.75 Å². The van der Waals surface area contributed by atoms with E-state index in [0.29, 0.717) is 13.2 Å². The first kappa shape index (κ1) is 18.0. The van der Waals surface area contributed by atoms with Gasteiger partial charge in [-0.3, -0.25) is 4.79 Å². The Kier molecular flexibility index (Phi) is 6.82. The van der Waals surface area contributed by atoms with Gasteiger partial charge in [-0.15, -0.1) is 0 Å². The molecule has 0 aliphatic heterocycles. The van der Waals surface area contributed by atoms with Crippen LogP contribution in [0, 0.1) is 5.92 Å². The molecule has 0 saturated heterocycles. The van der Waals surface area contributed by atoms with Gasteiger partial charge < -0.3 is 15.8 Å². The number of rotatable bonds is 8. The van der Waals surface area contributed by atoms with Gasteiger partial charge in [0.05, 0.1) is 6.04 Å². The Hall–Kier alpha value is -2.33. The highest BCUT2D eigenvalue weighted by molar-refractivity contribution is 5.81. The van der Waals surface area contributed by atoms with Gasteiger partial charge in [0.2, 0.25) is 5.91 Å². The third kappa shape index (κ3) is 5.39. The second-order valence-electron chi connectivity index (χ2n) is 6.05. The molecule has 0 bridgehead atoms. The summed E-state index contributed by atoms with van der Waals surface area (Å²) in [7, 11) is 0. The molecule has 128 valence electrons. The van der Waals surface area contributed by atoms with E-state index in [9.17, 15) is 4.79 Å². The largest absolute Gasteiger partial charge is 0.489 e. The molecule has 0 saturated carbocycles. The number of hydrogen-bond donors (Lipinski definition) is 2. The van der Waals surface area contributed by atoms with Crippen molar-refractivity contribution in [2.45, 2.75) is 39.5 Å². The van der Waals surface area contributed by atoms with Gasteiger partial charge in [0.1, 0.15) is 12.4 Å². The molecule has 3 N–H and O–H groups in total. The number of carbonyl (C=O) groups excluding carboxylic acids is 1. The van der Waals surface area contributed by atoms with Crippen molar-refractivity contribution in [3.05, 3.63) is 65.7 Å². The maximum atomic E-state index is 12.0. The zero-order valence-electron chi connectivity index (χ0n) is 14.4. The van der Waals surface area contributed by atoms with Crippen molar-refractivity contribution in [2.24, 2.45) is 11.7 Å². The number of para-hydroxylation sites is 1. The molecule has 4 heteroatoms. The van der Waals surface area contributed by atoms with Crippen molar-refractivity contribution in [2.75, 3.05) is 0 Å². The smallest absolute Gasteiger partial charge is 0.237 e. The quantitative estimate of drug-likeness (QED) is 0.782. The topological polar surface area (TPSA) is 64.4 Å². The van der Waals surface area contributed by atoms with E-state index in [1.54, 1.807) is 0 Å². The highest BCUT2D eigenvalue weighted by Gasteiger charge is 2.18. The zero-order valence-corrected chi connectivity index (χ0v) is 14.4. The Morgan fingerprint density at radius 3 is 2.33 bits per heavy atom.